The number of benzene rings is 3. The number of carbonyl (C=O) groups excluding carboxylic acids is 2. The molecular formula is C21H16FNO3. The van der Waals surface area contributed by atoms with Gasteiger partial charge >= 0.3 is 5.97 Å². The molecule has 0 aliphatic rings. The van der Waals surface area contributed by atoms with Crippen molar-refractivity contribution in [2.24, 2.45) is 0 Å². The Balaban J connectivity index is 1.64. The molecule has 0 fully saturated rings. The van der Waals surface area contributed by atoms with Crippen molar-refractivity contribution in [1.82, 2.24) is 0 Å². The second-order valence-electron chi connectivity index (χ2n) is 5.74. The van der Waals surface area contributed by atoms with Gasteiger partial charge in [-0.2, -0.15) is 0 Å². The number of carbonyl (C=O) groups is 2. The Bertz CT molecular complexity index is 934. The Hall–Kier alpha value is -3.47. The van der Waals surface area contributed by atoms with Gasteiger partial charge in [0.15, 0.2) is 0 Å². The van der Waals surface area contributed by atoms with E-state index in [2.05, 4.69) is 5.32 Å². The highest BCUT2D eigenvalue weighted by Gasteiger charge is 2.10. The van der Waals surface area contributed by atoms with E-state index in [1.165, 1.54) is 24.3 Å². The van der Waals surface area contributed by atoms with Gasteiger partial charge in [0.25, 0.3) is 5.91 Å². The zero-order valence-electron chi connectivity index (χ0n) is 14.0. The van der Waals surface area contributed by atoms with E-state index in [0.29, 0.717) is 17.0 Å². The van der Waals surface area contributed by atoms with Crippen molar-refractivity contribution in [2.75, 3.05) is 5.32 Å². The molecule has 26 heavy (non-hydrogen) atoms. The highest BCUT2D eigenvalue weighted by Crippen LogP contribution is 2.18. The Morgan fingerprint density at radius 2 is 1.58 bits per heavy atom. The molecule has 3 aromatic carbocycles. The Labute approximate surface area is 150 Å². The van der Waals surface area contributed by atoms with E-state index in [4.69, 9.17) is 4.74 Å². The first-order valence-corrected chi connectivity index (χ1v) is 7.97. The third-order valence-corrected chi connectivity index (χ3v) is 3.68. The summed E-state index contributed by atoms with van der Waals surface area (Å²) in [5.74, 6) is -0.894. The first-order valence-electron chi connectivity index (χ1n) is 7.97. The van der Waals surface area contributed by atoms with Crippen LogP contribution in [-0.4, -0.2) is 11.9 Å². The summed E-state index contributed by atoms with van der Waals surface area (Å²) in [6.45, 7) is 1.92. The number of ether oxygens (including phenoxy) is 1. The second-order valence-corrected chi connectivity index (χ2v) is 5.74. The minimum absolute atomic E-state index is 0.218. The fourth-order valence-corrected chi connectivity index (χ4v) is 2.35. The average Bonchev–Trinajstić information content (AvgIpc) is 2.64. The molecule has 130 valence electrons. The molecule has 0 atom stereocenters. The molecule has 0 saturated heterocycles. The van der Waals surface area contributed by atoms with Crippen LogP contribution in [0.5, 0.6) is 5.75 Å². The van der Waals surface area contributed by atoms with Gasteiger partial charge < -0.3 is 10.1 Å². The molecule has 0 bridgehead atoms. The summed E-state index contributed by atoms with van der Waals surface area (Å²) in [4.78, 5) is 24.2. The van der Waals surface area contributed by atoms with Crippen molar-refractivity contribution in [3.63, 3.8) is 0 Å². The van der Waals surface area contributed by atoms with Crippen molar-refractivity contribution in [2.45, 2.75) is 6.92 Å². The molecule has 0 saturated carbocycles. The van der Waals surface area contributed by atoms with Gasteiger partial charge in [-0.25, -0.2) is 9.18 Å². The minimum atomic E-state index is -0.582. The summed E-state index contributed by atoms with van der Waals surface area (Å²) >= 11 is 0. The van der Waals surface area contributed by atoms with Crippen LogP contribution in [-0.2, 0) is 0 Å². The molecule has 0 aromatic heterocycles. The van der Waals surface area contributed by atoms with Crippen LogP contribution < -0.4 is 10.1 Å². The average molecular weight is 349 g/mol. The predicted molar refractivity (Wildman–Crippen MR) is 96.9 cm³/mol. The van der Waals surface area contributed by atoms with Crippen LogP contribution in [0.25, 0.3) is 0 Å². The monoisotopic (exact) mass is 349 g/mol. The molecule has 1 N–H and O–H groups in total. The van der Waals surface area contributed by atoms with Crippen molar-refractivity contribution >= 4 is 17.6 Å². The van der Waals surface area contributed by atoms with Gasteiger partial charge in [-0.05, 0) is 67.6 Å². The number of hydrogen-bond donors (Lipinski definition) is 1. The van der Waals surface area contributed by atoms with Gasteiger partial charge in [0, 0.05) is 11.3 Å². The quantitative estimate of drug-likeness (QED) is 0.553. The number of aryl methyl sites for hydroxylation is 1. The zero-order valence-corrected chi connectivity index (χ0v) is 14.0. The van der Waals surface area contributed by atoms with E-state index in [-0.39, 0.29) is 11.5 Å². The van der Waals surface area contributed by atoms with Crippen LogP contribution in [0, 0.1) is 12.7 Å². The van der Waals surface area contributed by atoms with Gasteiger partial charge in [0.05, 0.1) is 5.56 Å². The number of halogens is 1. The minimum Gasteiger partial charge on any atom is -0.423 e. The molecule has 0 aliphatic heterocycles. The molecule has 3 rings (SSSR count). The number of hydrogen-bond acceptors (Lipinski definition) is 3. The fraction of sp³-hybridized carbons (Fsp3) is 0.0476. The number of esters is 1. The number of amides is 1. The van der Waals surface area contributed by atoms with Crippen LogP contribution in [0.2, 0.25) is 0 Å². The van der Waals surface area contributed by atoms with Gasteiger partial charge in [-0.1, -0.05) is 17.7 Å². The lowest BCUT2D eigenvalue weighted by molar-refractivity contribution is 0.0734. The van der Waals surface area contributed by atoms with Crippen LogP contribution in [0.3, 0.4) is 0 Å². The summed E-state index contributed by atoms with van der Waals surface area (Å²) in [5.41, 5.74) is 2.40. The van der Waals surface area contributed by atoms with E-state index < -0.39 is 11.8 Å². The molecular weight excluding hydrogens is 333 g/mol. The molecule has 4 nitrogen and oxygen atoms in total. The van der Waals surface area contributed by atoms with Crippen LogP contribution in [0.4, 0.5) is 10.1 Å². The van der Waals surface area contributed by atoms with E-state index >= 15 is 0 Å². The predicted octanol–water partition coefficient (Wildman–Crippen LogP) is 4.61. The summed E-state index contributed by atoms with van der Waals surface area (Å²) in [6.07, 6.45) is 0. The SMILES string of the molecule is Cc1cccc(C(=O)Nc2ccc(OC(=O)c3ccc(F)cc3)cc2)c1. The second kappa shape index (κ2) is 7.61. The molecule has 0 aliphatic carbocycles. The fourth-order valence-electron chi connectivity index (χ4n) is 2.35. The Morgan fingerprint density at radius 1 is 0.885 bits per heavy atom. The molecule has 0 heterocycles. The number of nitrogens with one attached hydrogen (secondary N) is 1. The summed E-state index contributed by atoms with van der Waals surface area (Å²) in [5, 5.41) is 2.78. The summed E-state index contributed by atoms with van der Waals surface area (Å²) < 4.78 is 18.1. The number of anilines is 1. The van der Waals surface area contributed by atoms with Crippen molar-refractivity contribution < 1.29 is 18.7 Å². The number of rotatable bonds is 4. The third-order valence-electron chi connectivity index (χ3n) is 3.68. The Morgan fingerprint density at radius 3 is 2.23 bits per heavy atom. The lowest BCUT2D eigenvalue weighted by Gasteiger charge is -2.08. The topological polar surface area (TPSA) is 55.4 Å². The summed E-state index contributed by atoms with van der Waals surface area (Å²) in [7, 11) is 0. The zero-order chi connectivity index (χ0) is 18.5. The molecule has 0 spiro atoms. The van der Waals surface area contributed by atoms with Crippen LogP contribution in [0.1, 0.15) is 26.3 Å². The largest absolute Gasteiger partial charge is 0.423 e. The van der Waals surface area contributed by atoms with Gasteiger partial charge in [0.1, 0.15) is 11.6 Å². The molecule has 5 heteroatoms. The van der Waals surface area contributed by atoms with Crippen molar-refractivity contribution in [1.29, 1.82) is 0 Å². The van der Waals surface area contributed by atoms with Crippen molar-refractivity contribution in [3.05, 3.63) is 95.3 Å². The molecule has 3 aromatic rings. The smallest absolute Gasteiger partial charge is 0.343 e. The highest BCUT2D eigenvalue weighted by atomic mass is 19.1. The standard InChI is InChI=1S/C21H16FNO3/c1-14-3-2-4-16(13-14)20(24)23-18-9-11-19(12-10-18)26-21(25)15-5-7-17(22)8-6-15/h2-13H,1H3,(H,23,24). The van der Waals surface area contributed by atoms with E-state index in [1.54, 1.807) is 36.4 Å². The normalized spacial score (nSPS) is 10.2. The lowest BCUT2D eigenvalue weighted by atomic mass is 10.1. The van der Waals surface area contributed by atoms with Crippen LogP contribution in [0.15, 0.2) is 72.8 Å². The summed E-state index contributed by atoms with van der Waals surface area (Å²) in [6, 6.07) is 18.8. The van der Waals surface area contributed by atoms with Crippen molar-refractivity contribution in [3.8, 4) is 5.75 Å². The first-order chi connectivity index (χ1) is 12.5. The van der Waals surface area contributed by atoms with E-state index in [1.807, 2.05) is 19.1 Å². The molecule has 0 unspecified atom stereocenters. The lowest BCUT2D eigenvalue weighted by Crippen LogP contribution is -2.12. The maximum absolute atomic E-state index is 12.9. The maximum Gasteiger partial charge on any atom is 0.343 e. The Kier molecular flexibility index (Phi) is 5.08. The maximum atomic E-state index is 12.9. The van der Waals surface area contributed by atoms with Gasteiger partial charge in [-0.15, -0.1) is 0 Å². The highest BCUT2D eigenvalue weighted by molar-refractivity contribution is 6.04. The van der Waals surface area contributed by atoms with E-state index in [0.717, 1.165) is 5.56 Å². The molecule has 0 radical (unpaired) electrons. The van der Waals surface area contributed by atoms with Gasteiger partial charge in [0.2, 0.25) is 0 Å². The first kappa shape index (κ1) is 17.4. The van der Waals surface area contributed by atoms with E-state index in [9.17, 15) is 14.0 Å². The third kappa shape index (κ3) is 4.33. The molecule has 1 amide bonds. The van der Waals surface area contributed by atoms with Crippen LogP contribution >= 0.6 is 0 Å². The van der Waals surface area contributed by atoms with Gasteiger partial charge in [-0.3, -0.25) is 4.79 Å².